The summed E-state index contributed by atoms with van der Waals surface area (Å²) in [5.74, 6) is 0.439. The molecule has 5 nitrogen and oxygen atoms in total. The topological polar surface area (TPSA) is 90.7 Å². The molecule has 2 aromatic rings. The molecular formula is C9H8ClN5S. The van der Waals surface area contributed by atoms with E-state index in [0.29, 0.717) is 14.9 Å². The van der Waals surface area contributed by atoms with Gasteiger partial charge in [0, 0.05) is 23.5 Å². The van der Waals surface area contributed by atoms with Crippen LogP contribution in [-0.4, -0.2) is 15.0 Å². The van der Waals surface area contributed by atoms with Crippen LogP contribution < -0.4 is 11.5 Å². The molecule has 4 N–H and O–H groups in total. The maximum Gasteiger partial charge on any atom is 0.156 e. The van der Waals surface area contributed by atoms with E-state index in [1.54, 1.807) is 12.3 Å². The highest BCUT2D eigenvalue weighted by molar-refractivity contribution is 7.99. The SMILES string of the molecule is [2H]c1cnc(Sc2ccnc(N)c2Cl)c(N)n1. The molecule has 0 saturated carbocycles. The lowest BCUT2D eigenvalue weighted by molar-refractivity contribution is 1.07. The summed E-state index contributed by atoms with van der Waals surface area (Å²) in [5.41, 5.74) is 11.2. The van der Waals surface area contributed by atoms with Gasteiger partial charge in [-0.2, -0.15) is 0 Å². The van der Waals surface area contributed by atoms with Crippen LogP contribution in [0.5, 0.6) is 0 Å². The molecule has 0 aromatic carbocycles. The van der Waals surface area contributed by atoms with Crippen molar-refractivity contribution < 1.29 is 1.37 Å². The highest BCUT2D eigenvalue weighted by Gasteiger charge is 2.09. The second-order valence-electron chi connectivity index (χ2n) is 2.80. The molecule has 7 heteroatoms. The van der Waals surface area contributed by atoms with Gasteiger partial charge in [-0.3, -0.25) is 0 Å². The summed E-state index contributed by atoms with van der Waals surface area (Å²) in [7, 11) is 0. The van der Waals surface area contributed by atoms with E-state index in [2.05, 4.69) is 15.0 Å². The van der Waals surface area contributed by atoms with Gasteiger partial charge in [0.2, 0.25) is 0 Å². The zero-order valence-corrected chi connectivity index (χ0v) is 9.59. The molecule has 0 amide bonds. The first-order chi connectivity index (χ1) is 8.08. The van der Waals surface area contributed by atoms with Crippen LogP contribution in [0.3, 0.4) is 0 Å². The molecule has 0 aliphatic carbocycles. The maximum atomic E-state index is 7.27. The maximum absolute atomic E-state index is 7.27. The lowest BCUT2D eigenvalue weighted by atomic mass is 10.5. The molecule has 0 fully saturated rings. The van der Waals surface area contributed by atoms with E-state index >= 15 is 0 Å². The molecule has 0 aliphatic heterocycles. The van der Waals surface area contributed by atoms with E-state index in [0.717, 1.165) is 0 Å². The number of nitrogens with zero attached hydrogens (tertiary/aromatic N) is 3. The first-order valence-corrected chi connectivity index (χ1v) is 5.44. The molecule has 0 aliphatic rings. The van der Waals surface area contributed by atoms with Crippen molar-refractivity contribution in [2.75, 3.05) is 11.5 Å². The molecule has 0 bridgehead atoms. The van der Waals surface area contributed by atoms with Crippen LogP contribution >= 0.6 is 23.4 Å². The van der Waals surface area contributed by atoms with E-state index in [1.165, 1.54) is 18.0 Å². The highest BCUT2D eigenvalue weighted by atomic mass is 35.5. The number of pyridine rings is 1. The number of hydrogen-bond donors (Lipinski definition) is 2. The van der Waals surface area contributed by atoms with E-state index < -0.39 is 0 Å². The summed E-state index contributed by atoms with van der Waals surface area (Å²) in [6.07, 6.45) is 2.88. The smallest absolute Gasteiger partial charge is 0.156 e. The Labute approximate surface area is 103 Å². The number of rotatable bonds is 2. The van der Waals surface area contributed by atoms with Crippen molar-refractivity contribution in [2.45, 2.75) is 9.92 Å². The van der Waals surface area contributed by atoms with Crippen LogP contribution in [-0.2, 0) is 0 Å². The fourth-order valence-corrected chi connectivity index (χ4v) is 2.02. The molecule has 0 radical (unpaired) electrons. The van der Waals surface area contributed by atoms with Gasteiger partial charge in [-0.05, 0) is 6.07 Å². The average molecular weight is 255 g/mol. The van der Waals surface area contributed by atoms with Crippen LogP contribution in [0.15, 0.2) is 34.6 Å². The van der Waals surface area contributed by atoms with Crippen LogP contribution in [0, 0.1) is 0 Å². The van der Waals surface area contributed by atoms with Crippen molar-refractivity contribution in [3.63, 3.8) is 0 Å². The number of nitrogen functional groups attached to an aromatic ring is 2. The van der Waals surface area contributed by atoms with Gasteiger partial charge in [-0.15, -0.1) is 0 Å². The van der Waals surface area contributed by atoms with Crippen molar-refractivity contribution in [1.29, 1.82) is 0 Å². The van der Waals surface area contributed by atoms with Gasteiger partial charge in [0.05, 0.1) is 6.39 Å². The molecule has 16 heavy (non-hydrogen) atoms. The van der Waals surface area contributed by atoms with Gasteiger partial charge in [0.25, 0.3) is 0 Å². The third-order valence-corrected chi connectivity index (χ3v) is 3.31. The Balaban J connectivity index is 2.35. The Kier molecular flexibility index (Phi) is 2.75. The monoisotopic (exact) mass is 254 g/mol. The summed E-state index contributed by atoms with van der Waals surface area (Å²) in [4.78, 5) is 12.4. The molecule has 0 atom stereocenters. The second kappa shape index (κ2) is 4.54. The van der Waals surface area contributed by atoms with E-state index in [9.17, 15) is 0 Å². The first-order valence-electron chi connectivity index (χ1n) is 4.75. The van der Waals surface area contributed by atoms with Gasteiger partial charge in [-0.25, -0.2) is 15.0 Å². The van der Waals surface area contributed by atoms with Gasteiger partial charge in [-0.1, -0.05) is 23.4 Å². The number of nitrogens with two attached hydrogens (primary N) is 2. The Morgan fingerprint density at radius 2 is 2.00 bits per heavy atom. The second-order valence-corrected chi connectivity index (χ2v) is 4.21. The van der Waals surface area contributed by atoms with Gasteiger partial charge >= 0.3 is 0 Å². The zero-order valence-electron chi connectivity index (χ0n) is 9.01. The van der Waals surface area contributed by atoms with E-state index in [-0.39, 0.29) is 17.8 Å². The van der Waals surface area contributed by atoms with Gasteiger partial charge < -0.3 is 11.5 Å². The quantitative estimate of drug-likeness (QED) is 0.850. The molecule has 0 unspecified atom stereocenters. The van der Waals surface area contributed by atoms with Crippen LogP contribution in [0.4, 0.5) is 11.6 Å². The molecule has 0 saturated heterocycles. The molecule has 0 spiro atoms. The third-order valence-electron chi connectivity index (χ3n) is 1.73. The summed E-state index contributed by atoms with van der Waals surface area (Å²) >= 11 is 7.22. The van der Waals surface area contributed by atoms with Crippen molar-refractivity contribution in [3.8, 4) is 0 Å². The minimum atomic E-state index is 0.0205. The van der Waals surface area contributed by atoms with Gasteiger partial charge in [0.15, 0.2) is 5.82 Å². The molecule has 2 aromatic heterocycles. The average Bonchev–Trinajstić information content (AvgIpc) is 2.28. The van der Waals surface area contributed by atoms with Crippen molar-refractivity contribution in [1.82, 2.24) is 15.0 Å². The summed E-state index contributed by atoms with van der Waals surface area (Å²) in [5, 5.41) is 0.835. The van der Waals surface area contributed by atoms with Crippen molar-refractivity contribution in [2.24, 2.45) is 0 Å². The fourth-order valence-electron chi connectivity index (χ4n) is 1.00. The molecule has 82 valence electrons. The lowest BCUT2D eigenvalue weighted by Gasteiger charge is -2.05. The number of hydrogen-bond acceptors (Lipinski definition) is 6. The van der Waals surface area contributed by atoms with E-state index in [4.69, 9.17) is 24.4 Å². The van der Waals surface area contributed by atoms with Crippen LogP contribution in [0.25, 0.3) is 0 Å². The Bertz CT molecular complexity index is 565. The third kappa shape index (κ3) is 2.17. The Morgan fingerprint density at radius 1 is 1.19 bits per heavy atom. The number of aromatic nitrogens is 3. The number of anilines is 2. The largest absolute Gasteiger partial charge is 0.382 e. The standard InChI is InChI=1S/C9H8ClN5S/c10-6-5(1-2-13-7(6)11)16-9-8(12)14-3-4-15-9/h1-4H,(H2,11,13)(H2,12,14)/i3D. The highest BCUT2D eigenvalue weighted by Crippen LogP contribution is 2.35. The molecular weight excluding hydrogens is 246 g/mol. The lowest BCUT2D eigenvalue weighted by Crippen LogP contribution is -1.96. The van der Waals surface area contributed by atoms with E-state index in [1.807, 2.05) is 0 Å². The zero-order chi connectivity index (χ0) is 12.4. The van der Waals surface area contributed by atoms with Crippen LogP contribution in [0.1, 0.15) is 1.37 Å². The van der Waals surface area contributed by atoms with Crippen molar-refractivity contribution >= 4 is 35.0 Å². The summed E-state index contributed by atoms with van der Waals surface area (Å²) in [6, 6.07) is 1.71. The fraction of sp³-hybridized carbons (Fsp3) is 0. The Morgan fingerprint density at radius 3 is 2.75 bits per heavy atom. The predicted molar refractivity (Wildman–Crippen MR) is 64.2 cm³/mol. The summed E-state index contributed by atoms with van der Waals surface area (Å²) < 4.78 is 7.27. The minimum Gasteiger partial charge on any atom is -0.382 e. The Hall–Kier alpha value is -1.53. The predicted octanol–water partition coefficient (Wildman–Crippen LogP) is 1.84. The first kappa shape index (κ1) is 9.68. The van der Waals surface area contributed by atoms with Crippen molar-refractivity contribution in [3.05, 3.63) is 29.7 Å². The number of halogens is 1. The molecule has 2 heterocycles. The summed E-state index contributed by atoms with van der Waals surface area (Å²) in [6.45, 7) is 0. The normalized spacial score (nSPS) is 11.2. The van der Waals surface area contributed by atoms with Gasteiger partial charge in [0.1, 0.15) is 10.8 Å². The minimum absolute atomic E-state index is 0.0205. The molecule has 2 rings (SSSR count). The van der Waals surface area contributed by atoms with Crippen LogP contribution in [0.2, 0.25) is 5.02 Å².